The van der Waals surface area contributed by atoms with Crippen molar-refractivity contribution in [2.75, 3.05) is 18.4 Å². The maximum atomic E-state index is 12.6. The Balaban J connectivity index is 1.60. The molecule has 0 unspecified atom stereocenters. The summed E-state index contributed by atoms with van der Waals surface area (Å²) in [5, 5.41) is 3.18. The monoisotopic (exact) mass is 443 g/mol. The van der Waals surface area contributed by atoms with E-state index in [4.69, 9.17) is 16.3 Å². The highest BCUT2D eigenvalue weighted by Crippen LogP contribution is 2.22. The molecule has 164 valence electrons. The molecule has 1 saturated heterocycles. The number of carbonyl (C=O) groups excluding carboxylic acids is 2. The van der Waals surface area contributed by atoms with Crippen LogP contribution in [0.25, 0.3) is 0 Å². The van der Waals surface area contributed by atoms with Crippen LogP contribution in [0.5, 0.6) is 0 Å². The summed E-state index contributed by atoms with van der Waals surface area (Å²) in [6.45, 7) is 6.78. The summed E-state index contributed by atoms with van der Waals surface area (Å²) in [6.07, 6.45) is 6.10. The van der Waals surface area contributed by atoms with Gasteiger partial charge in [0, 0.05) is 31.7 Å². The third-order valence-electron chi connectivity index (χ3n) is 4.59. The van der Waals surface area contributed by atoms with Gasteiger partial charge in [0.15, 0.2) is 5.69 Å². The minimum Gasteiger partial charge on any atom is -0.444 e. The number of nitrogens with one attached hydrogen (secondary N) is 1. The van der Waals surface area contributed by atoms with Gasteiger partial charge in [0.2, 0.25) is 0 Å². The molecule has 3 heterocycles. The molecule has 1 N–H and O–H groups in total. The lowest BCUT2D eigenvalue weighted by molar-refractivity contribution is 0.0203. The van der Waals surface area contributed by atoms with Gasteiger partial charge < -0.3 is 15.0 Å². The quantitative estimate of drug-likeness (QED) is 0.689. The van der Waals surface area contributed by atoms with Crippen LogP contribution in [0.4, 0.5) is 16.3 Å². The number of anilines is 1. The molecule has 0 aliphatic carbocycles. The molecule has 0 radical (unpaired) electrons. The molecule has 0 bridgehead atoms. The minimum atomic E-state index is -0.506. The third-order valence-corrected chi connectivity index (χ3v) is 4.81. The number of pyridine rings is 2. The number of aromatic nitrogens is 2. The first-order valence-electron chi connectivity index (χ1n) is 10.1. The van der Waals surface area contributed by atoms with E-state index in [-0.39, 0.29) is 17.7 Å². The predicted molar refractivity (Wildman–Crippen MR) is 120 cm³/mol. The number of carbonyl (C=O) groups is 2. The minimum absolute atomic E-state index is 0.202. The highest BCUT2D eigenvalue weighted by atomic mass is 35.5. The van der Waals surface area contributed by atoms with E-state index in [1.807, 2.05) is 27.0 Å². The largest absolute Gasteiger partial charge is 0.444 e. The number of piperidine rings is 1. The van der Waals surface area contributed by atoms with Crippen LogP contribution >= 0.6 is 11.6 Å². The zero-order valence-electron chi connectivity index (χ0n) is 17.8. The zero-order chi connectivity index (χ0) is 22.4. The van der Waals surface area contributed by atoms with Gasteiger partial charge >= 0.3 is 6.09 Å². The van der Waals surface area contributed by atoms with Crippen molar-refractivity contribution in [1.82, 2.24) is 14.9 Å². The molecule has 31 heavy (non-hydrogen) atoms. The Morgan fingerprint density at radius 3 is 2.61 bits per heavy atom. The second-order valence-electron chi connectivity index (χ2n) is 8.27. The first-order valence-corrected chi connectivity index (χ1v) is 10.5. The van der Waals surface area contributed by atoms with E-state index < -0.39 is 11.5 Å². The number of nitrogens with zero attached hydrogens (tertiary/aromatic N) is 4. The van der Waals surface area contributed by atoms with Gasteiger partial charge in [0.25, 0.3) is 5.91 Å². The molecule has 0 saturated carbocycles. The summed E-state index contributed by atoms with van der Waals surface area (Å²) in [5.74, 6) is 0.180. The Kier molecular flexibility index (Phi) is 7.22. The summed E-state index contributed by atoms with van der Waals surface area (Å²) in [5.41, 5.74) is 0.180. The van der Waals surface area contributed by atoms with Gasteiger partial charge in [0.05, 0.1) is 10.7 Å². The van der Waals surface area contributed by atoms with Crippen molar-refractivity contribution in [2.45, 2.75) is 39.2 Å². The molecule has 2 aromatic heterocycles. The number of ether oxygens (including phenoxy) is 1. The van der Waals surface area contributed by atoms with Crippen LogP contribution in [0, 0.1) is 5.92 Å². The van der Waals surface area contributed by atoms with Gasteiger partial charge in [-0.25, -0.2) is 14.8 Å². The molecule has 1 fully saturated rings. The Morgan fingerprint density at radius 1 is 1.23 bits per heavy atom. The molecule has 1 aliphatic rings. The van der Waals surface area contributed by atoms with Crippen molar-refractivity contribution in [3.05, 3.63) is 47.4 Å². The van der Waals surface area contributed by atoms with E-state index >= 15 is 0 Å². The van der Waals surface area contributed by atoms with Gasteiger partial charge in [-0.05, 0) is 63.8 Å². The van der Waals surface area contributed by atoms with Crippen molar-refractivity contribution < 1.29 is 14.3 Å². The van der Waals surface area contributed by atoms with E-state index in [1.54, 1.807) is 35.4 Å². The zero-order valence-corrected chi connectivity index (χ0v) is 18.6. The van der Waals surface area contributed by atoms with Gasteiger partial charge in [-0.1, -0.05) is 11.6 Å². The van der Waals surface area contributed by atoms with Gasteiger partial charge in [-0.2, -0.15) is 0 Å². The lowest BCUT2D eigenvalue weighted by Gasteiger charge is -2.32. The molecular formula is C22H26ClN5O3. The molecule has 9 heteroatoms. The Labute approximate surface area is 186 Å². The lowest BCUT2D eigenvalue weighted by atomic mass is 9.98. The number of amides is 2. The molecule has 0 spiro atoms. The Hall–Kier alpha value is -3.00. The van der Waals surface area contributed by atoms with Crippen LogP contribution in [0.3, 0.4) is 0 Å². The van der Waals surface area contributed by atoms with Crippen molar-refractivity contribution in [3.63, 3.8) is 0 Å². The molecule has 0 atom stereocenters. The summed E-state index contributed by atoms with van der Waals surface area (Å²) in [6, 6.07) is 6.73. The van der Waals surface area contributed by atoms with Crippen molar-refractivity contribution in [1.29, 1.82) is 0 Å². The van der Waals surface area contributed by atoms with E-state index in [0.717, 1.165) is 12.8 Å². The lowest BCUT2D eigenvalue weighted by Crippen LogP contribution is -2.41. The molecule has 1 aliphatic heterocycles. The normalized spacial score (nSPS) is 15.2. The van der Waals surface area contributed by atoms with Gasteiger partial charge in [0.1, 0.15) is 11.4 Å². The fourth-order valence-corrected chi connectivity index (χ4v) is 3.16. The SMILES string of the molecule is CC(C)(C)OC(=O)N1CCC(/C=N/c2cccnc2C(=O)Nc2ccc(Cl)cn2)CC1. The Morgan fingerprint density at radius 2 is 1.97 bits per heavy atom. The highest BCUT2D eigenvalue weighted by molar-refractivity contribution is 6.30. The molecule has 3 rings (SSSR count). The molecule has 8 nitrogen and oxygen atoms in total. The average molecular weight is 444 g/mol. The molecule has 2 aromatic rings. The maximum Gasteiger partial charge on any atom is 0.410 e. The van der Waals surface area contributed by atoms with Crippen molar-refractivity contribution >= 4 is 41.3 Å². The number of likely N-dealkylation sites (tertiary alicyclic amines) is 1. The first-order chi connectivity index (χ1) is 14.7. The number of hydrogen-bond acceptors (Lipinski definition) is 6. The number of aliphatic imine (C=N–C) groups is 1. The van der Waals surface area contributed by atoms with Crippen LogP contribution in [0.15, 0.2) is 41.7 Å². The maximum absolute atomic E-state index is 12.6. The average Bonchev–Trinajstić information content (AvgIpc) is 2.73. The van der Waals surface area contributed by atoms with Crippen LogP contribution in [-0.2, 0) is 4.74 Å². The van der Waals surface area contributed by atoms with Crippen LogP contribution in [0.1, 0.15) is 44.1 Å². The summed E-state index contributed by atoms with van der Waals surface area (Å²) in [7, 11) is 0. The first kappa shape index (κ1) is 22.7. The third kappa shape index (κ3) is 6.75. The second-order valence-corrected chi connectivity index (χ2v) is 8.71. The van der Waals surface area contributed by atoms with Crippen LogP contribution in [-0.4, -0.2) is 51.8 Å². The molecular weight excluding hydrogens is 418 g/mol. The Bertz CT molecular complexity index is 948. The topological polar surface area (TPSA) is 96.8 Å². The van der Waals surface area contributed by atoms with E-state index in [1.165, 1.54) is 6.20 Å². The fourth-order valence-electron chi connectivity index (χ4n) is 3.04. The van der Waals surface area contributed by atoms with Crippen LogP contribution in [0.2, 0.25) is 5.02 Å². The summed E-state index contributed by atoms with van der Waals surface area (Å²) in [4.78, 5) is 39.3. The summed E-state index contributed by atoms with van der Waals surface area (Å²) >= 11 is 5.82. The van der Waals surface area contributed by atoms with Gasteiger partial charge in [-0.15, -0.1) is 0 Å². The highest BCUT2D eigenvalue weighted by Gasteiger charge is 2.26. The smallest absolute Gasteiger partial charge is 0.410 e. The van der Waals surface area contributed by atoms with Crippen molar-refractivity contribution in [3.8, 4) is 0 Å². The number of rotatable bonds is 4. The standard InChI is InChI=1S/C22H26ClN5O3/c1-22(2,3)31-21(30)28-11-8-15(9-12-28)13-25-17-5-4-10-24-19(17)20(29)27-18-7-6-16(23)14-26-18/h4-7,10,13-15H,8-9,11-12H2,1-3H3,(H,26,27,29)/b25-13+. The van der Waals surface area contributed by atoms with Crippen LogP contribution < -0.4 is 5.32 Å². The fraction of sp³-hybridized carbons (Fsp3) is 0.409. The van der Waals surface area contributed by atoms with E-state index in [2.05, 4.69) is 20.3 Å². The number of halogens is 1. The van der Waals surface area contributed by atoms with Gasteiger partial charge in [-0.3, -0.25) is 9.79 Å². The summed E-state index contributed by atoms with van der Waals surface area (Å²) < 4.78 is 5.43. The van der Waals surface area contributed by atoms with E-state index in [9.17, 15) is 9.59 Å². The second kappa shape index (κ2) is 9.87. The molecule has 0 aromatic carbocycles. The predicted octanol–water partition coefficient (Wildman–Crippen LogP) is 4.73. The van der Waals surface area contributed by atoms with Crippen molar-refractivity contribution in [2.24, 2.45) is 10.9 Å². The number of hydrogen-bond donors (Lipinski definition) is 1. The van der Waals surface area contributed by atoms with E-state index in [0.29, 0.717) is 29.6 Å². The molecule has 2 amide bonds.